The summed E-state index contributed by atoms with van der Waals surface area (Å²) in [6.07, 6.45) is 16.2. The number of allylic oxidation sites excluding steroid dienone is 8. The third kappa shape index (κ3) is 16.3. The Hall–Kier alpha value is 0.293. The minimum atomic E-state index is 0. The molecule has 0 bridgehead atoms. The monoisotopic (exact) mass is 360 g/mol. The molecule has 0 unspecified atom stereocenters. The number of rotatable bonds is 0. The second-order valence-electron chi connectivity index (χ2n) is 3.99. The van der Waals surface area contributed by atoms with Crippen molar-refractivity contribution in [3.05, 3.63) is 47.6 Å². The Morgan fingerprint density at radius 2 is 1.72 bits per heavy atom. The van der Waals surface area contributed by atoms with Crippen molar-refractivity contribution in [1.82, 2.24) is 0 Å². The summed E-state index contributed by atoms with van der Waals surface area (Å²) in [5.41, 5.74) is 2.85. The standard InChI is InChI=1S/C7H9.C5H5.C3H6.2ClH.Zr/c1-6-4-3-5-7(6)2;1-2-4-5-3-1;1-3-2;;;/h4H,5H2,1-2H3;1-3H,4H2;1-2H3;2*1H;/q2*-1;;;;+2/p-2. The molecule has 0 nitrogen and oxygen atoms in total. The van der Waals surface area contributed by atoms with Gasteiger partial charge in [0.15, 0.2) is 0 Å². The zero-order chi connectivity index (χ0) is 12.4. The fourth-order valence-corrected chi connectivity index (χ4v) is 0.960. The summed E-state index contributed by atoms with van der Waals surface area (Å²) in [6.45, 7) is 8.51. The molecule has 3 heteroatoms. The van der Waals surface area contributed by atoms with E-state index < -0.39 is 0 Å². The van der Waals surface area contributed by atoms with Crippen LogP contribution in [0, 0.1) is 12.2 Å². The van der Waals surface area contributed by atoms with Crippen molar-refractivity contribution in [2.24, 2.45) is 0 Å². The Morgan fingerprint density at radius 3 is 1.83 bits per heavy atom. The first kappa shape index (κ1) is 23.4. The molecule has 0 aromatic heterocycles. The molecule has 0 saturated heterocycles. The van der Waals surface area contributed by atoms with E-state index in [1.54, 1.807) is 24.2 Å². The Balaban J connectivity index is -0.000000185. The smallest absolute Gasteiger partial charge is 0.109 e. The van der Waals surface area contributed by atoms with Crippen molar-refractivity contribution < 1.29 is 49.0 Å². The number of hydrogen-bond donors (Lipinski definition) is 0. The summed E-state index contributed by atoms with van der Waals surface area (Å²) in [7, 11) is 0. The van der Waals surface area contributed by atoms with E-state index >= 15 is 0 Å². The van der Waals surface area contributed by atoms with Crippen LogP contribution in [-0.2, 0) is 24.2 Å². The molecule has 0 atom stereocenters. The molecule has 2 aliphatic carbocycles. The fraction of sp³-hybridized carbons (Fsp3) is 0.400. The van der Waals surface area contributed by atoms with Gasteiger partial charge < -0.3 is 24.8 Å². The van der Waals surface area contributed by atoms with Crippen molar-refractivity contribution in [3.63, 3.8) is 0 Å². The van der Waals surface area contributed by atoms with E-state index in [1.807, 2.05) is 12.2 Å². The van der Waals surface area contributed by atoms with E-state index in [9.17, 15) is 0 Å². The van der Waals surface area contributed by atoms with Crippen LogP contribution in [0.3, 0.4) is 0 Å². The van der Waals surface area contributed by atoms with Gasteiger partial charge in [-0.1, -0.05) is 6.92 Å². The summed E-state index contributed by atoms with van der Waals surface area (Å²) >= 11 is 1.55. The molecular weight excluding hydrogens is 342 g/mol. The molecule has 0 amide bonds. The molecular formula is C15H20Cl2Zr-2. The van der Waals surface area contributed by atoms with Gasteiger partial charge in [-0.2, -0.15) is 11.6 Å². The van der Waals surface area contributed by atoms with E-state index in [2.05, 4.69) is 52.0 Å². The molecule has 0 N–H and O–H groups in total. The minimum absolute atomic E-state index is 0. The van der Waals surface area contributed by atoms with Crippen LogP contribution < -0.4 is 24.8 Å². The van der Waals surface area contributed by atoms with Crippen LogP contribution in [-0.4, -0.2) is 3.21 Å². The van der Waals surface area contributed by atoms with Crippen molar-refractivity contribution >= 4 is 3.21 Å². The summed E-state index contributed by atoms with van der Waals surface area (Å²) in [6, 6.07) is 0. The largest absolute Gasteiger partial charge is 1.00 e. The third-order valence-electron chi connectivity index (χ3n) is 1.94. The molecule has 0 radical (unpaired) electrons. The van der Waals surface area contributed by atoms with Crippen molar-refractivity contribution in [2.45, 2.75) is 40.5 Å². The maximum Gasteiger partial charge on any atom is -0.109 e. The summed E-state index contributed by atoms with van der Waals surface area (Å²) in [5, 5.41) is 0. The fourth-order valence-electron chi connectivity index (χ4n) is 0.960. The van der Waals surface area contributed by atoms with E-state index in [0.717, 1.165) is 12.8 Å². The maximum atomic E-state index is 3.12. The molecule has 0 fully saturated rings. The average Bonchev–Trinajstić information content (AvgIpc) is 2.81. The van der Waals surface area contributed by atoms with Crippen molar-refractivity contribution in [1.29, 1.82) is 0 Å². The molecule has 2 aliphatic rings. The maximum absolute atomic E-state index is 3.12. The van der Waals surface area contributed by atoms with Gasteiger partial charge in [-0.25, -0.2) is 23.8 Å². The molecule has 0 heterocycles. The molecule has 0 aromatic rings. The predicted octanol–water partition coefficient (Wildman–Crippen LogP) is -1.86. The van der Waals surface area contributed by atoms with Gasteiger partial charge in [-0.05, 0) is 0 Å². The van der Waals surface area contributed by atoms with Crippen LogP contribution >= 0.6 is 0 Å². The minimum Gasteiger partial charge on any atom is -1.00 e. The molecule has 100 valence electrons. The zero-order valence-electron chi connectivity index (χ0n) is 11.5. The predicted molar refractivity (Wildman–Crippen MR) is 68.7 cm³/mol. The van der Waals surface area contributed by atoms with Gasteiger partial charge in [0.1, 0.15) is 0 Å². The first-order valence-corrected chi connectivity index (χ1v) is 6.73. The van der Waals surface area contributed by atoms with E-state index in [0.29, 0.717) is 0 Å². The summed E-state index contributed by atoms with van der Waals surface area (Å²) in [4.78, 5) is 0. The SMILES string of the molecule is CC1=C(C)C[C-]=C1.C[C](C)=[Zr+2].[C-]1=CC=CC1.[Cl-].[Cl-]. The zero-order valence-corrected chi connectivity index (χ0v) is 15.4. The first-order valence-electron chi connectivity index (χ1n) is 5.50. The Kier molecular flexibility index (Phi) is 19.9. The quantitative estimate of drug-likeness (QED) is 0.444. The van der Waals surface area contributed by atoms with Crippen LogP contribution in [0.1, 0.15) is 40.5 Å². The van der Waals surface area contributed by atoms with Crippen LogP contribution in [0.4, 0.5) is 0 Å². The van der Waals surface area contributed by atoms with Crippen LogP contribution in [0.5, 0.6) is 0 Å². The molecule has 0 saturated carbocycles. The molecule has 0 spiro atoms. The Labute approximate surface area is 139 Å². The van der Waals surface area contributed by atoms with Crippen molar-refractivity contribution in [2.75, 3.05) is 0 Å². The van der Waals surface area contributed by atoms with Gasteiger partial charge in [-0.3, -0.25) is 12.2 Å². The molecule has 0 aromatic carbocycles. The Bertz CT molecular complexity index is 322. The summed E-state index contributed by atoms with van der Waals surface area (Å²) < 4.78 is 1.51. The van der Waals surface area contributed by atoms with Crippen LogP contribution in [0.15, 0.2) is 35.5 Å². The number of hydrogen-bond acceptors (Lipinski definition) is 0. The van der Waals surface area contributed by atoms with E-state index in [-0.39, 0.29) is 24.8 Å². The van der Waals surface area contributed by atoms with E-state index in [4.69, 9.17) is 0 Å². The third-order valence-corrected chi connectivity index (χ3v) is 1.94. The second-order valence-corrected chi connectivity index (χ2v) is 6.45. The molecule has 2 rings (SSSR count). The van der Waals surface area contributed by atoms with Gasteiger partial charge in [0.05, 0.1) is 0 Å². The normalized spacial score (nSPS) is 13.9. The number of halogens is 2. The molecule has 18 heavy (non-hydrogen) atoms. The second kappa shape index (κ2) is 15.4. The summed E-state index contributed by atoms with van der Waals surface area (Å²) in [5.74, 6) is 0. The molecule has 0 aliphatic heterocycles. The Morgan fingerprint density at radius 1 is 1.17 bits per heavy atom. The van der Waals surface area contributed by atoms with Crippen LogP contribution in [0.2, 0.25) is 0 Å². The van der Waals surface area contributed by atoms with Gasteiger partial charge in [0.25, 0.3) is 0 Å². The van der Waals surface area contributed by atoms with Gasteiger partial charge in [-0.15, -0.1) is 19.8 Å². The van der Waals surface area contributed by atoms with Crippen LogP contribution in [0.25, 0.3) is 0 Å². The van der Waals surface area contributed by atoms with Gasteiger partial charge in [0.2, 0.25) is 0 Å². The first-order chi connectivity index (χ1) is 7.54. The van der Waals surface area contributed by atoms with Crippen molar-refractivity contribution in [3.8, 4) is 0 Å². The van der Waals surface area contributed by atoms with Gasteiger partial charge >= 0.3 is 41.3 Å². The van der Waals surface area contributed by atoms with E-state index in [1.165, 1.54) is 14.4 Å². The van der Waals surface area contributed by atoms with Gasteiger partial charge in [0, 0.05) is 0 Å². The topological polar surface area (TPSA) is 0 Å². The average molecular weight is 362 g/mol.